The summed E-state index contributed by atoms with van der Waals surface area (Å²) in [4.78, 5) is 11.0. The molecule has 0 atom stereocenters. The molecule has 0 radical (unpaired) electrons. The van der Waals surface area contributed by atoms with Crippen LogP contribution in [0.5, 0.6) is 0 Å². The zero-order valence-electron chi connectivity index (χ0n) is 10.7. The van der Waals surface area contributed by atoms with Crippen LogP contribution < -0.4 is 0 Å². The second-order valence-electron chi connectivity index (χ2n) is 4.11. The van der Waals surface area contributed by atoms with Gasteiger partial charge in [-0.2, -0.15) is 0 Å². The first-order valence-electron chi connectivity index (χ1n) is 6.08. The number of nitrogens with zero attached hydrogens (tertiary/aromatic N) is 3. The van der Waals surface area contributed by atoms with Gasteiger partial charge in [0, 0.05) is 5.56 Å². The number of aromatic nitrogens is 3. The van der Waals surface area contributed by atoms with Crippen molar-refractivity contribution in [2.45, 2.75) is 19.9 Å². The Kier molecular flexibility index (Phi) is 4.07. The molecule has 0 unspecified atom stereocenters. The first-order valence-corrected chi connectivity index (χ1v) is 6.08. The van der Waals surface area contributed by atoms with E-state index in [4.69, 9.17) is 5.11 Å². The van der Waals surface area contributed by atoms with Crippen LogP contribution in [0.15, 0.2) is 48.2 Å². The van der Waals surface area contributed by atoms with E-state index in [-0.39, 0.29) is 6.54 Å². The molecule has 0 bridgehead atoms. The number of allylic oxidation sites excluding steroid dienone is 1. The highest BCUT2D eigenvalue weighted by atomic mass is 16.4. The van der Waals surface area contributed by atoms with Crippen molar-refractivity contribution >= 4 is 5.97 Å². The fraction of sp³-hybridized carbons (Fsp3) is 0.214. The molecule has 0 aliphatic heterocycles. The molecule has 1 N–H and O–H groups in total. The van der Waals surface area contributed by atoms with Gasteiger partial charge < -0.3 is 5.11 Å². The minimum atomic E-state index is -0.918. The van der Waals surface area contributed by atoms with Crippen LogP contribution in [0.2, 0.25) is 0 Å². The Labute approximate surface area is 111 Å². The van der Waals surface area contributed by atoms with Crippen LogP contribution in [-0.2, 0) is 11.3 Å². The van der Waals surface area contributed by atoms with Gasteiger partial charge in [0.05, 0.1) is 18.3 Å². The van der Waals surface area contributed by atoms with Crippen molar-refractivity contribution in [3.05, 3.63) is 48.2 Å². The van der Waals surface area contributed by atoms with Crippen molar-refractivity contribution in [1.82, 2.24) is 15.0 Å². The van der Waals surface area contributed by atoms with E-state index >= 15 is 0 Å². The molecule has 19 heavy (non-hydrogen) atoms. The predicted molar refractivity (Wildman–Crippen MR) is 71.5 cm³/mol. The summed E-state index contributed by atoms with van der Waals surface area (Å²) in [6.07, 6.45) is 4.12. The lowest BCUT2D eigenvalue weighted by Gasteiger charge is -2.01. The highest BCUT2D eigenvalue weighted by molar-refractivity contribution is 5.86. The molecule has 0 amide bonds. The van der Waals surface area contributed by atoms with E-state index in [0.717, 1.165) is 11.3 Å². The van der Waals surface area contributed by atoms with E-state index in [9.17, 15) is 4.79 Å². The van der Waals surface area contributed by atoms with Crippen LogP contribution in [0.25, 0.3) is 11.3 Å². The van der Waals surface area contributed by atoms with Crippen molar-refractivity contribution in [2.75, 3.05) is 0 Å². The van der Waals surface area contributed by atoms with Crippen molar-refractivity contribution < 1.29 is 9.90 Å². The zero-order valence-corrected chi connectivity index (χ0v) is 10.7. The van der Waals surface area contributed by atoms with Gasteiger partial charge in [-0.25, -0.2) is 9.48 Å². The average Bonchev–Trinajstić information content (AvgIpc) is 2.88. The molecular weight excluding hydrogens is 242 g/mol. The third kappa shape index (κ3) is 3.28. The smallest absolute Gasteiger partial charge is 0.333 e. The summed E-state index contributed by atoms with van der Waals surface area (Å²) in [5.41, 5.74) is 2.03. The van der Waals surface area contributed by atoms with Crippen molar-refractivity contribution in [1.29, 1.82) is 0 Å². The third-order valence-corrected chi connectivity index (χ3v) is 2.67. The van der Waals surface area contributed by atoms with Crippen LogP contribution in [0.1, 0.15) is 13.3 Å². The fourth-order valence-corrected chi connectivity index (χ4v) is 1.76. The largest absolute Gasteiger partial charge is 0.478 e. The lowest BCUT2D eigenvalue weighted by atomic mass is 10.2. The van der Waals surface area contributed by atoms with Gasteiger partial charge >= 0.3 is 5.97 Å². The minimum absolute atomic E-state index is 0.225. The van der Waals surface area contributed by atoms with E-state index in [0.29, 0.717) is 12.0 Å². The third-order valence-electron chi connectivity index (χ3n) is 2.67. The monoisotopic (exact) mass is 257 g/mol. The summed E-state index contributed by atoms with van der Waals surface area (Å²) in [6.45, 7) is 2.13. The highest BCUT2D eigenvalue weighted by Gasteiger charge is 2.09. The Morgan fingerprint density at radius 2 is 2.11 bits per heavy atom. The maximum atomic E-state index is 11.0. The SMILES string of the molecule is CCC=C(Cn1cc(-c2ccccc2)nn1)C(=O)O. The Hall–Kier alpha value is -2.43. The average molecular weight is 257 g/mol. The molecule has 0 saturated carbocycles. The molecule has 2 rings (SSSR count). The topological polar surface area (TPSA) is 68.0 Å². The van der Waals surface area contributed by atoms with Gasteiger partial charge in [-0.3, -0.25) is 0 Å². The molecule has 0 fully saturated rings. The van der Waals surface area contributed by atoms with Gasteiger partial charge in [0.25, 0.3) is 0 Å². The highest BCUT2D eigenvalue weighted by Crippen LogP contribution is 2.15. The Balaban J connectivity index is 2.18. The lowest BCUT2D eigenvalue weighted by Crippen LogP contribution is -2.10. The van der Waals surface area contributed by atoms with Crippen LogP contribution in [0.4, 0.5) is 0 Å². The quantitative estimate of drug-likeness (QED) is 0.835. The van der Waals surface area contributed by atoms with Gasteiger partial charge in [0.1, 0.15) is 5.69 Å². The van der Waals surface area contributed by atoms with Gasteiger partial charge in [-0.1, -0.05) is 48.5 Å². The summed E-state index contributed by atoms with van der Waals surface area (Å²) in [7, 11) is 0. The summed E-state index contributed by atoms with van der Waals surface area (Å²) >= 11 is 0. The molecule has 1 heterocycles. The molecule has 5 nitrogen and oxygen atoms in total. The predicted octanol–water partition coefficient (Wildman–Crippen LogP) is 2.37. The summed E-state index contributed by atoms with van der Waals surface area (Å²) in [5, 5.41) is 17.1. The van der Waals surface area contributed by atoms with Gasteiger partial charge in [0.2, 0.25) is 0 Å². The number of carboxylic acid groups (broad SMARTS) is 1. The van der Waals surface area contributed by atoms with Crippen LogP contribution >= 0.6 is 0 Å². The maximum Gasteiger partial charge on any atom is 0.333 e. The Bertz CT molecular complexity index is 588. The second-order valence-corrected chi connectivity index (χ2v) is 4.11. The van der Waals surface area contributed by atoms with E-state index < -0.39 is 5.97 Å². The molecular formula is C14H15N3O2. The van der Waals surface area contributed by atoms with E-state index in [2.05, 4.69) is 10.3 Å². The number of hydrogen-bond acceptors (Lipinski definition) is 3. The van der Waals surface area contributed by atoms with Crippen LogP contribution in [0.3, 0.4) is 0 Å². The molecule has 0 saturated heterocycles. The summed E-state index contributed by atoms with van der Waals surface area (Å²) < 4.78 is 1.54. The minimum Gasteiger partial charge on any atom is -0.478 e. The van der Waals surface area contributed by atoms with Crippen molar-refractivity contribution in [3.8, 4) is 11.3 Å². The number of rotatable bonds is 5. The van der Waals surface area contributed by atoms with Crippen LogP contribution in [0, 0.1) is 0 Å². The second kappa shape index (κ2) is 5.95. The Morgan fingerprint density at radius 3 is 2.74 bits per heavy atom. The standard InChI is InChI=1S/C14H15N3O2/c1-2-6-12(14(18)19)9-17-10-13(15-16-17)11-7-4-3-5-8-11/h3-8,10H,2,9H2,1H3,(H,18,19). The number of carbonyl (C=O) groups is 1. The molecule has 5 heteroatoms. The Morgan fingerprint density at radius 1 is 1.37 bits per heavy atom. The molecule has 1 aromatic carbocycles. The molecule has 1 aromatic heterocycles. The van der Waals surface area contributed by atoms with Gasteiger partial charge in [-0.15, -0.1) is 5.10 Å². The zero-order chi connectivity index (χ0) is 13.7. The number of hydrogen-bond donors (Lipinski definition) is 1. The van der Waals surface area contributed by atoms with E-state index in [1.807, 2.05) is 37.3 Å². The summed E-state index contributed by atoms with van der Waals surface area (Å²) in [5.74, 6) is -0.918. The normalized spacial score (nSPS) is 11.5. The number of aliphatic carboxylic acids is 1. The molecule has 0 spiro atoms. The fourth-order valence-electron chi connectivity index (χ4n) is 1.76. The van der Waals surface area contributed by atoms with Gasteiger partial charge in [0.15, 0.2) is 0 Å². The van der Waals surface area contributed by atoms with E-state index in [1.165, 1.54) is 4.68 Å². The lowest BCUT2D eigenvalue weighted by molar-refractivity contribution is -0.132. The van der Waals surface area contributed by atoms with Crippen molar-refractivity contribution in [3.63, 3.8) is 0 Å². The maximum absolute atomic E-state index is 11.0. The van der Waals surface area contributed by atoms with Gasteiger partial charge in [-0.05, 0) is 6.42 Å². The molecule has 0 aliphatic carbocycles. The first-order chi connectivity index (χ1) is 9.20. The van der Waals surface area contributed by atoms with E-state index in [1.54, 1.807) is 12.3 Å². The molecule has 2 aromatic rings. The molecule has 0 aliphatic rings. The number of carboxylic acids is 1. The number of benzene rings is 1. The van der Waals surface area contributed by atoms with Crippen molar-refractivity contribution in [2.24, 2.45) is 0 Å². The first kappa shape index (κ1) is 13.0. The summed E-state index contributed by atoms with van der Waals surface area (Å²) in [6, 6.07) is 9.66. The van der Waals surface area contributed by atoms with Crippen LogP contribution in [-0.4, -0.2) is 26.1 Å². The molecule has 98 valence electrons.